The molecule has 0 radical (unpaired) electrons. The number of halogens is 1. The van der Waals surface area contributed by atoms with Gasteiger partial charge in [0.2, 0.25) is 5.89 Å². The number of aromatic nitrogens is 1. The Balaban J connectivity index is 1.56. The monoisotopic (exact) mass is 465 g/mol. The standard InChI is InChI=1S/C24H20ClN3O3S/c1-12-4-6-16(18(25)9-12)22(30)28-24(32)26-15-5-7-20(29)17(11-15)23-27-19-10-13(2)8-14(3)21(19)31-23/h4-11,29H,1-3H3,(H2,26,28,30,32). The first kappa shape index (κ1) is 21.8. The van der Waals surface area contributed by atoms with E-state index in [1.165, 1.54) is 6.07 Å². The van der Waals surface area contributed by atoms with Crippen molar-refractivity contribution in [2.24, 2.45) is 0 Å². The number of oxazole rings is 1. The van der Waals surface area contributed by atoms with Gasteiger partial charge in [-0.15, -0.1) is 0 Å². The number of carbonyl (C=O) groups excluding carboxylic acids is 1. The van der Waals surface area contributed by atoms with Crippen LogP contribution in [0.15, 0.2) is 52.9 Å². The molecule has 8 heteroatoms. The lowest BCUT2D eigenvalue weighted by molar-refractivity contribution is 0.0978. The number of carbonyl (C=O) groups is 1. The lowest BCUT2D eigenvalue weighted by atomic mass is 10.1. The molecule has 0 saturated heterocycles. The molecule has 0 saturated carbocycles. The highest BCUT2D eigenvalue weighted by Gasteiger charge is 2.16. The number of rotatable bonds is 3. The average molecular weight is 466 g/mol. The summed E-state index contributed by atoms with van der Waals surface area (Å²) >= 11 is 11.4. The summed E-state index contributed by atoms with van der Waals surface area (Å²) < 4.78 is 5.91. The molecule has 0 aliphatic carbocycles. The third kappa shape index (κ3) is 4.44. The maximum Gasteiger partial charge on any atom is 0.258 e. The topological polar surface area (TPSA) is 87.4 Å². The summed E-state index contributed by atoms with van der Waals surface area (Å²) in [5.41, 5.74) is 5.65. The number of amides is 1. The van der Waals surface area contributed by atoms with E-state index in [0.29, 0.717) is 32.9 Å². The molecule has 4 aromatic rings. The fourth-order valence-corrected chi connectivity index (χ4v) is 3.95. The summed E-state index contributed by atoms with van der Waals surface area (Å²) in [7, 11) is 0. The van der Waals surface area contributed by atoms with Gasteiger partial charge in [-0.25, -0.2) is 4.98 Å². The largest absolute Gasteiger partial charge is 0.507 e. The number of fused-ring (bicyclic) bond motifs is 1. The number of hydrogen-bond acceptors (Lipinski definition) is 5. The Morgan fingerprint density at radius 2 is 1.84 bits per heavy atom. The third-order valence-corrected chi connectivity index (χ3v) is 5.42. The lowest BCUT2D eigenvalue weighted by Crippen LogP contribution is -2.34. The second kappa shape index (κ2) is 8.61. The molecule has 1 aromatic heterocycles. The average Bonchev–Trinajstić information content (AvgIpc) is 3.13. The van der Waals surface area contributed by atoms with Crippen LogP contribution in [0.25, 0.3) is 22.6 Å². The van der Waals surface area contributed by atoms with Crippen molar-refractivity contribution in [2.75, 3.05) is 5.32 Å². The summed E-state index contributed by atoms with van der Waals surface area (Å²) in [4.78, 5) is 17.0. The van der Waals surface area contributed by atoms with Crippen molar-refractivity contribution in [3.8, 4) is 17.2 Å². The third-order valence-electron chi connectivity index (χ3n) is 4.90. The first-order chi connectivity index (χ1) is 15.2. The summed E-state index contributed by atoms with van der Waals surface area (Å²) in [6.45, 7) is 5.83. The number of aromatic hydroxyl groups is 1. The zero-order chi connectivity index (χ0) is 23.0. The minimum absolute atomic E-state index is 0.0119. The highest BCUT2D eigenvalue weighted by atomic mass is 35.5. The van der Waals surface area contributed by atoms with Crippen molar-refractivity contribution in [3.05, 3.63) is 75.8 Å². The Morgan fingerprint density at radius 1 is 1.06 bits per heavy atom. The fourth-order valence-electron chi connectivity index (χ4n) is 3.41. The maximum absolute atomic E-state index is 12.5. The summed E-state index contributed by atoms with van der Waals surface area (Å²) in [5.74, 6) is -0.120. The summed E-state index contributed by atoms with van der Waals surface area (Å²) in [5, 5.41) is 16.4. The van der Waals surface area contributed by atoms with Gasteiger partial charge in [-0.2, -0.15) is 0 Å². The number of nitrogens with zero attached hydrogens (tertiary/aromatic N) is 1. The maximum atomic E-state index is 12.5. The van der Waals surface area contributed by atoms with Crippen LogP contribution < -0.4 is 10.6 Å². The molecule has 1 heterocycles. The van der Waals surface area contributed by atoms with Crippen LogP contribution in [0.1, 0.15) is 27.0 Å². The van der Waals surface area contributed by atoms with Crippen LogP contribution in [0.2, 0.25) is 5.02 Å². The number of phenolic OH excluding ortho intramolecular Hbond substituents is 1. The van der Waals surface area contributed by atoms with E-state index >= 15 is 0 Å². The predicted octanol–water partition coefficient (Wildman–Crippen LogP) is 5.91. The molecule has 3 N–H and O–H groups in total. The van der Waals surface area contributed by atoms with Crippen LogP contribution in [0.5, 0.6) is 5.75 Å². The van der Waals surface area contributed by atoms with E-state index in [0.717, 1.165) is 16.7 Å². The molecule has 0 aliphatic heterocycles. The van der Waals surface area contributed by atoms with Crippen LogP contribution in [0, 0.1) is 20.8 Å². The van der Waals surface area contributed by atoms with Gasteiger partial charge < -0.3 is 14.8 Å². The molecular weight excluding hydrogens is 446 g/mol. The molecule has 0 fully saturated rings. The highest BCUT2D eigenvalue weighted by Crippen LogP contribution is 2.34. The van der Waals surface area contributed by atoms with Gasteiger partial charge in [-0.3, -0.25) is 10.1 Å². The molecule has 0 unspecified atom stereocenters. The van der Waals surface area contributed by atoms with Crippen molar-refractivity contribution in [3.63, 3.8) is 0 Å². The lowest BCUT2D eigenvalue weighted by Gasteiger charge is -2.12. The van der Waals surface area contributed by atoms with E-state index in [4.69, 9.17) is 28.2 Å². The van der Waals surface area contributed by atoms with Gasteiger partial charge >= 0.3 is 0 Å². The van der Waals surface area contributed by atoms with E-state index in [1.807, 2.05) is 32.9 Å². The molecule has 1 amide bonds. The van der Waals surface area contributed by atoms with E-state index in [9.17, 15) is 9.90 Å². The van der Waals surface area contributed by atoms with Crippen LogP contribution in [0.4, 0.5) is 5.69 Å². The van der Waals surface area contributed by atoms with Crippen LogP contribution in [-0.4, -0.2) is 21.1 Å². The van der Waals surface area contributed by atoms with E-state index in [2.05, 4.69) is 15.6 Å². The number of aryl methyl sites for hydroxylation is 3. The van der Waals surface area contributed by atoms with Crippen molar-refractivity contribution in [1.82, 2.24) is 10.3 Å². The quantitative estimate of drug-likeness (QED) is 0.257. The zero-order valence-corrected chi connectivity index (χ0v) is 19.2. The first-order valence-corrected chi connectivity index (χ1v) is 10.6. The van der Waals surface area contributed by atoms with Crippen LogP contribution >= 0.6 is 23.8 Å². The van der Waals surface area contributed by atoms with Crippen molar-refractivity contribution in [2.45, 2.75) is 20.8 Å². The molecular formula is C24H20ClN3O3S. The van der Waals surface area contributed by atoms with Crippen LogP contribution in [-0.2, 0) is 0 Å². The molecule has 0 spiro atoms. The van der Waals surface area contributed by atoms with E-state index in [1.54, 1.807) is 30.3 Å². The minimum atomic E-state index is -0.420. The minimum Gasteiger partial charge on any atom is -0.507 e. The Kier molecular flexibility index (Phi) is 5.86. The molecule has 32 heavy (non-hydrogen) atoms. The second-order valence-corrected chi connectivity index (χ2v) is 8.39. The van der Waals surface area contributed by atoms with Gasteiger partial charge in [-0.1, -0.05) is 23.7 Å². The molecule has 3 aromatic carbocycles. The normalized spacial score (nSPS) is 10.9. The fraction of sp³-hybridized carbons (Fsp3) is 0.125. The van der Waals surface area contributed by atoms with Gasteiger partial charge in [0.05, 0.1) is 16.1 Å². The van der Waals surface area contributed by atoms with Gasteiger partial charge in [0.1, 0.15) is 11.3 Å². The first-order valence-electron chi connectivity index (χ1n) is 9.81. The number of nitrogens with one attached hydrogen (secondary N) is 2. The Bertz CT molecular complexity index is 1380. The smallest absolute Gasteiger partial charge is 0.258 e. The van der Waals surface area contributed by atoms with Crippen molar-refractivity contribution >= 4 is 51.6 Å². The number of hydrogen-bond donors (Lipinski definition) is 3. The number of phenols is 1. The van der Waals surface area contributed by atoms with Crippen molar-refractivity contribution < 1.29 is 14.3 Å². The van der Waals surface area contributed by atoms with Gasteiger partial charge in [0.25, 0.3) is 5.91 Å². The summed E-state index contributed by atoms with van der Waals surface area (Å²) in [6.07, 6.45) is 0. The Morgan fingerprint density at radius 3 is 2.59 bits per heavy atom. The SMILES string of the molecule is Cc1ccc(C(=O)NC(=S)Nc2ccc(O)c(-c3nc4cc(C)cc(C)c4o3)c2)c(Cl)c1. The number of benzene rings is 3. The van der Waals surface area contributed by atoms with Gasteiger partial charge in [-0.05, 0) is 86.1 Å². The molecule has 162 valence electrons. The molecule has 4 rings (SSSR count). The summed E-state index contributed by atoms with van der Waals surface area (Å²) in [6, 6.07) is 13.9. The molecule has 0 aliphatic rings. The second-order valence-electron chi connectivity index (χ2n) is 7.57. The highest BCUT2D eigenvalue weighted by molar-refractivity contribution is 7.80. The Hall–Kier alpha value is -3.42. The molecule has 0 atom stereocenters. The van der Waals surface area contributed by atoms with Gasteiger partial charge in [0, 0.05) is 5.69 Å². The predicted molar refractivity (Wildman–Crippen MR) is 130 cm³/mol. The van der Waals surface area contributed by atoms with Crippen LogP contribution in [0.3, 0.4) is 0 Å². The van der Waals surface area contributed by atoms with E-state index in [-0.39, 0.29) is 16.8 Å². The number of anilines is 1. The molecule has 0 bridgehead atoms. The number of thiocarbonyl (C=S) groups is 1. The van der Waals surface area contributed by atoms with Crippen molar-refractivity contribution in [1.29, 1.82) is 0 Å². The van der Waals surface area contributed by atoms with E-state index < -0.39 is 5.91 Å². The van der Waals surface area contributed by atoms with Gasteiger partial charge in [0.15, 0.2) is 10.7 Å². The Labute approximate surface area is 195 Å². The zero-order valence-electron chi connectivity index (χ0n) is 17.6. The molecule has 6 nitrogen and oxygen atoms in total.